The summed E-state index contributed by atoms with van der Waals surface area (Å²) in [5, 5.41) is 3.67. The zero-order valence-corrected chi connectivity index (χ0v) is 11.5. The van der Waals surface area contributed by atoms with Gasteiger partial charge in [0.2, 0.25) is 5.91 Å². The van der Waals surface area contributed by atoms with Crippen LogP contribution in [0.4, 0.5) is 0 Å². The smallest absolute Gasteiger partial charge is 0.224 e. The molecule has 0 aliphatic heterocycles. The molecule has 1 amide bonds. The summed E-state index contributed by atoms with van der Waals surface area (Å²) in [6.45, 7) is 1.98. The molecule has 2 aromatic rings. The molecule has 0 fully saturated rings. The molecule has 0 aromatic heterocycles. The van der Waals surface area contributed by atoms with Crippen LogP contribution in [-0.4, -0.2) is 5.91 Å². The molecule has 0 heterocycles. The first-order valence-electron chi connectivity index (χ1n) is 6.24. The minimum absolute atomic E-state index is 0.0127. The van der Waals surface area contributed by atoms with E-state index in [1.165, 1.54) is 0 Å². The lowest BCUT2D eigenvalue weighted by Gasteiger charge is -2.14. The Morgan fingerprint density at radius 1 is 1.11 bits per heavy atom. The van der Waals surface area contributed by atoms with E-state index in [1.54, 1.807) is 12.1 Å². The van der Waals surface area contributed by atoms with Gasteiger partial charge in [0.1, 0.15) is 0 Å². The molecule has 2 nitrogen and oxygen atoms in total. The van der Waals surface area contributed by atoms with Gasteiger partial charge in [0.15, 0.2) is 0 Å². The first-order valence-corrected chi connectivity index (χ1v) is 6.61. The molecule has 0 aliphatic carbocycles. The van der Waals surface area contributed by atoms with E-state index in [9.17, 15) is 4.79 Å². The lowest BCUT2D eigenvalue weighted by atomic mass is 10.1. The van der Waals surface area contributed by atoms with E-state index in [4.69, 9.17) is 11.6 Å². The topological polar surface area (TPSA) is 29.1 Å². The monoisotopic (exact) mass is 273 g/mol. The quantitative estimate of drug-likeness (QED) is 0.903. The molecule has 19 heavy (non-hydrogen) atoms. The van der Waals surface area contributed by atoms with Gasteiger partial charge < -0.3 is 5.32 Å². The second kappa shape index (κ2) is 6.39. The van der Waals surface area contributed by atoms with E-state index in [-0.39, 0.29) is 11.9 Å². The molecular formula is C16H16ClNO. The van der Waals surface area contributed by atoms with Gasteiger partial charge in [0, 0.05) is 5.02 Å². The molecule has 0 aliphatic rings. The largest absolute Gasteiger partial charge is 0.349 e. The zero-order chi connectivity index (χ0) is 13.7. The number of halogens is 1. The third-order valence-corrected chi connectivity index (χ3v) is 3.21. The van der Waals surface area contributed by atoms with Gasteiger partial charge in [-0.2, -0.15) is 0 Å². The van der Waals surface area contributed by atoms with E-state index in [0.717, 1.165) is 11.1 Å². The maximum Gasteiger partial charge on any atom is 0.224 e. The first kappa shape index (κ1) is 13.6. The molecule has 0 bridgehead atoms. The first-order chi connectivity index (χ1) is 9.15. The highest BCUT2D eigenvalue weighted by Gasteiger charge is 2.09. The van der Waals surface area contributed by atoms with Gasteiger partial charge in [0.05, 0.1) is 12.5 Å². The highest BCUT2D eigenvalue weighted by Crippen LogP contribution is 2.13. The van der Waals surface area contributed by atoms with Crippen molar-refractivity contribution in [1.29, 1.82) is 0 Å². The standard InChI is InChI=1S/C16H16ClNO/c1-12(14-5-3-2-4-6-14)18-16(19)11-13-7-9-15(17)10-8-13/h2-10,12H,11H2,1H3,(H,18,19)/t12-/m1/s1. The van der Waals surface area contributed by atoms with Crippen LogP contribution in [0.2, 0.25) is 5.02 Å². The summed E-state index contributed by atoms with van der Waals surface area (Å²) >= 11 is 5.81. The lowest BCUT2D eigenvalue weighted by molar-refractivity contribution is -0.121. The van der Waals surface area contributed by atoms with Gasteiger partial charge in [-0.25, -0.2) is 0 Å². The molecule has 0 radical (unpaired) electrons. The minimum Gasteiger partial charge on any atom is -0.349 e. The van der Waals surface area contributed by atoms with Crippen LogP contribution in [0.15, 0.2) is 54.6 Å². The van der Waals surface area contributed by atoms with Crippen molar-refractivity contribution in [2.45, 2.75) is 19.4 Å². The molecule has 0 unspecified atom stereocenters. The van der Waals surface area contributed by atoms with Crippen LogP contribution in [0.5, 0.6) is 0 Å². The SMILES string of the molecule is C[C@@H](NC(=O)Cc1ccc(Cl)cc1)c1ccccc1. The number of carbonyl (C=O) groups is 1. The Morgan fingerprint density at radius 2 is 1.74 bits per heavy atom. The lowest BCUT2D eigenvalue weighted by Crippen LogP contribution is -2.28. The van der Waals surface area contributed by atoms with Crippen molar-refractivity contribution in [2.75, 3.05) is 0 Å². The van der Waals surface area contributed by atoms with E-state index >= 15 is 0 Å². The average molecular weight is 274 g/mol. The van der Waals surface area contributed by atoms with Crippen LogP contribution in [0.25, 0.3) is 0 Å². The van der Waals surface area contributed by atoms with Crippen molar-refractivity contribution < 1.29 is 4.79 Å². The fourth-order valence-electron chi connectivity index (χ4n) is 1.91. The molecule has 1 atom stereocenters. The summed E-state index contributed by atoms with van der Waals surface area (Å²) in [4.78, 5) is 11.9. The van der Waals surface area contributed by atoms with E-state index in [2.05, 4.69) is 5.32 Å². The van der Waals surface area contributed by atoms with Crippen molar-refractivity contribution in [3.05, 3.63) is 70.7 Å². The molecule has 3 heteroatoms. The molecule has 0 saturated heterocycles. The Kier molecular flexibility index (Phi) is 4.58. The third kappa shape index (κ3) is 4.11. The van der Waals surface area contributed by atoms with Gasteiger partial charge in [-0.15, -0.1) is 0 Å². The highest BCUT2D eigenvalue weighted by atomic mass is 35.5. The van der Waals surface area contributed by atoms with Crippen LogP contribution in [0, 0.1) is 0 Å². The Bertz CT molecular complexity index is 536. The second-order valence-electron chi connectivity index (χ2n) is 4.50. The summed E-state index contributed by atoms with van der Waals surface area (Å²) in [5.41, 5.74) is 2.06. The number of hydrogen-bond acceptors (Lipinski definition) is 1. The predicted molar refractivity (Wildman–Crippen MR) is 78.2 cm³/mol. The minimum atomic E-state index is 0.0127. The van der Waals surface area contributed by atoms with Crippen LogP contribution >= 0.6 is 11.6 Å². The van der Waals surface area contributed by atoms with Gasteiger partial charge in [-0.05, 0) is 30.2 Å². The summed E-state index contributed by atoms with van der Waals surface area (Å²) in [6, 6.07) is 17.3. The Hall–Kier alpha value is -1.80. The van der Waals surface area contributed by atoms with Crippen molar-refractivity contribution in [1.82, 2.24) is 5.32 Å². The number of rotatable bonds is 4. The van der Waals surface area contributed by atoms with Gasteiger partial charge in [-0.3, -0.25) is 4.79 Å². The number of nitrogens with one attached hydrogen (secondary N) is 1. The summed E-state index contributed by atoms with van der Waals surface area (Å²) in [5.74, 6) is 0.0127. The molecule has 0 saturated carbocycles. The maximum atomic E-state index is 11.9. The van der Waals surface area contributed by atoms with Gasteiger partial charge in [-0.1, -0.05) is 54.1 Å². The van der Waals surface area contributed by atoms with E-state index < -0.39 is 0 Å². The third-order valence-electron chi connectivity index (χ3n) is 2.96. The van der Waals surface area contributed by atoms with E-state index in [1.807, 2.05) is 49.4 Å². The molecular weight excluding hydrogens is 258 g/mol. The van der Waals surface area contributed by atoms with Crippen molar-refractivity contribution in [2.24, 2.45) is 0 Å². The van der Waals surface area contributed by atoms with Gasteiger partial charge >= 0.3 is 0 Å². The number of amides is 1. The highest BCUT2D eigenvalue weighted by molar-refractivity contribution is 6.30. The average Bonchev–Trinajstić information content (AvgIpc) is 2.42. The van der Waals surface area contributed by atoms with Crippen LogP contribution in [0.1, 0.15) is 24.1 Å². The van der Waals surface area contributed by atoms with Crippen LogP contribution in [0.3, 0.4) is 0 Å². The summed E-state index contributed by atoms with van der Waals surface area (Å²) < 4.78 is 0. The summed E-state index contributed by atoms with van der Waals surface area (Å²) in [7, 11) is 0. The van der Waals surface area contributed by atoms with Crippen LogP contribution in [-0.2, 0) is 11.2 Å². The Balaban J connectivity index is 1.93. The Morgan fingerprint density at radius 3 is 2.37 bits per heavy atom. The van der Waals surface area contributed by atoms with Crippen molar-refractivity contribution in [3.8, 4) is 0 Å². The molecule has 1 N–H and O–H groups in total. The van der Waals surface area contributed by atoms with Crippen molar-refractivity contribution >= 4 is 17.5 Å². The number of carbonyl (C=O) groups excluding carboxylic acids is 1. The Labute approximate surface area is 118 Å². The zero-order valence-electron chi connectivity index (χ0n) is 10.8. The van der Waals surface area contributed by atoms with Crippen LogP contribution < -0.4 is 5.32 Å². The molecule has 2 aromatic carbocycles. The molecule has 0 spiro atoms. The number of hydrogen-bond donors (Lipinski definition) is 1. The molecule has 2 rings (SSSR count). The number of benzene rings is 2. The summed E-state index contributed by atoms with van der Waals surface area (Å²) in [6.07, 6.45) is 0.369. The second-order valence-corrected chi connectivity index (χ2v) is 4.94. The van der Waals surface area contributed by atoms with Crippen molar-refractivity contribution in [3.63, 3.8) is 0 Å². The van der Waals surface area contributed by atoms with E-state index in [0.29, 0.717) is 11.4 Å². The normalized spacial score (nSPS) is 11.9. The fraction of sp³-hybridized carbons (Fsp3) is 0.188. The van der Waals surface area contributed by atoms with Gasteiger partial charge in [0.25, 0.3) is 0 Å². The predicted octanol–water partition coefficient (Wildman–Crippen LogP) is 3.76. The molecule has 98 valence electrons. The fourth-order valence-corrected chi connectivity index (χ4v) is 2.03. The maximum absolute atomic E-state index is 11.9.